The molecule has 19 heavy (non-hydrogen) atoms. The van der Waals surface area contributed by atoms with Gasteiger partial charge in [-0.2, -0.15) is 0 Å². The van der Waals surface area contributed by atoms with Gasteiger partial charge in [0.05, 0.1) is 6.61 Å². The fourth-order valence-corrected chi connectivity index (χ4v) is 2.88. The van der Waals surface area contributed by atoms with Gasteiger partial charge in [0.2, 0.25) is 0 Å². The number of hydrogen-bond donors (Lipinski definition) is 0. The zero-order valence-electron chi connectivity index (χ0n) is 11.3. The first-order valence-electron chi connectivity index (χ1n) is 6.52. The lowest BCUT2D eigenvalue weighted by Crippen LogP contribution is -2.25. The Morgan fingerprint density at radius 3 is 2.74 bits per heavy atom. The van der Waals surface area contributed by atoms with Crippen molar-refractivity contribution in [2.45, 2.75) is 33.2 Å². The van der Waals surface area contributed by atoms with Crippen molar-refractivity contribution in [3.8, 4) is 0 Å². The van der Waals surface area contributed by atoms with Gasteiger partial charge in [0.25, 0.3) is 4.74 Å². The van der Waals surface area contributed by atoms with Crippen LogP contribution in [0.3, 0.4) is 0 Å². The van der Waals surface area contributed by atoms with Crippen LogP contribution < -0.4 is 4.74 Å². The van der Waals surface area contributed by atoms with Crippen molar-refractivity contribution >= 4 is 17.3 Å². The molecule has 0 N–H and O–H groups in total. The van der Waals surface area contributed by atoms with Gasteiger partial charge in [-0.15, -0.1) is 0 Å². The number of ether oxygens (including phenoxy) is 1. The quantitative estimate of drug-likeness (QED) is 0.785. The second kappa shape index (κ2) is 6.25. The van der Waals surface area contributed by atoms with Crippen LogP contribution in [0.5, 0.6) is 0 Å². The molecule has 0 saturated carbocycles. The molecule has 1 fully saturated rings. The van der Waals surface area contributed by atoms with Crippen molar-refractivity contribution in [1.82, 2.24) is 9.88 Å². The maximum Gasteiger partial charge on any atom is 0.358 e. The summed E-state index contributed by atoms with van der Waals surface area (Å²) >= 11 is 1.08. The third-order valence-electron chi connectivity index (χ3n) is 3.10. The Morgan fingerprint density at radius 1 is 1.42 bits per heavy atom. The molecule has 6 heteroatoms. The summed E-state index contributed by atoms with van der Waals surface area (Å²) in [5.74, 6) is -0.445. The average Bonchev–Trinajstić information content (AvgIpc) is 2.85. The van der Waals surface area contributed by atoms with E-state index in [1.165, 1.54) is 0 Å². The number of nitrogens with zero attached hydrogens (tertiary/aromatic N) is 2. The highest BCUT2D eigenvalue weighted by Crippen LogP contribution is 2.13. The summed E-state index contributed by atoms with van der Waals surface area (Å²) in [5, 5.41) is 0. The van der Waals surface area contributed by atoms with Gasteiger partial charge in [-0.1, -0.05) is 11.3 Å². The molecule has 0 radical (unpaired) electrons. The number of aryl methyl sites for hydroxylation is 1. The lowest BCUT2D eigenvalue weighted by Gasteiger charge is -2.13. The third kappa shape index (κ3) is 3.39. The molecule has 1 aliphatic heterocycles. The van der Waals surface area contributed by atoms with Gasteiger partial charge in [-0.05, 0) is 39.8 Å². The fraction of sp³-hybridized carbons (Fsp3) is 0.615. The Kier molecular flexibility index (Phi) is 4.66. The van der Waals surface area contributed by atoms with Crippen LogP contribution in [0.25, 0.3) is 0 Å². The second-order valence-electron chi connectivity index (χ2n) is 4.56. The van der Waals surface area contributed by atoms with E-state index >= 15 is 0 Å². The Balaban J connectivity index is 2.25. The molecule has 1 aliphatic rings. The van der Waals surface area contributed by atoms with Crippen LogP contribution in [0, 0.1) is 6.92 Å². The SMILES string of the molecule is CCOC(=O)c1nc(CN2CCCC2)c(=O)sc1C. The summed E-state index contributed by atoms with van der Waals surface area (Å²) in [6.45, 7) is 6.31. The highest BCUT2D eigenvalue weighted by Gasteiger charge is 2.19. The Hall–Kier alpha value is -1.27. The Labute approximate surface area is 116 Å². The molecule has 1 aromatic rings. The van der Waals surface area contributed by atoms with Crippen molar-refractivity contribution < 1.29 is 9.53 Å². The first-order chi connectivity index (χ1) is 9.11. The molecule has 104 valence electrons. The number of aromatic nitrogens is 1. The highest BCUT2D eigenvalue weighted by molar-refractivity contribution is 7.09. The molecule has 1 aromatic heterocycles. The van der Waals surface area contributed by atoms with Crippen molar-refractivity contribution in [1.29, 1.82) is 0 Å². The maximum absolute atomic E-state index is 11.9. The number of likely N-dealkylation sites (tertiary alicyclic amines) is 1. The molecule has 0 aromatic carbocycles. The van der Waals surface area contributed by atoms with Crippen LogP contribution in [-0.2, 0) is 11.3 Å². The molecule has 0 amide bonds. The van der Waals surface area contributed by atoms with Gasteiger partial charge in [-0.25, -0.2) is 9.78 Å². The number of hydrogen-bond acceptors (Lipinski definition) is 6. The molecule has 0 atom stereocenters. The van der Waals surface area contributed by atoms with Gasteiger partial charge in [0.15, 0.2) is 5.69 Å². The number of rotatable bonds is 4. The van der Waals surface area contributed by atoms with E-state index in [-0.39, 0.29) is 10.4 Å². The predicted molar refractivity (Wildman–Crippen MR) is 73.6 cm³/mol. The molecule has 0 bridgehead atoms. The fourth-order valence-electron chi connectivity index (χ4n) is 2.15. The topological polar surface area (TPSA) is 59.5 Å². The van der Waals surface area contributed by atoms with Crippen molar-refractivity contribution in [3.63, 3.8) is 0 Å². The summed E-state index contributed by atoms with van der Waals surface area (Å²) in [5.41, 5.74) is 0.737. The monoisotopic (exact) mass is 282 g/mol. The standard InChI is InChI=1S/C13H18N2O3S/c1-3-18-12(16)11-9(2)19-13(17)10(14-11)8-15-6-4-5-7-15/h3-8H2,1-2H3. The molecule has 1 saturated heterocycles. The smallest absolute Gasteiger partial charge is 0.358 e. The van der Waals surface area contributed by atoms with Gasteiger partial charge in [-0.3, -0.25) is 9.69 Å². The molecule has 5 nitrogen and oxygen atoms in total. The Morgan fingerprint density at radius 2 is 2.11 bits per heavy atom. The van der Waals surface area contributed by atoms with Crippen LogP contribution in [-0.4, -0.2) is 35.5 Å². The van der Waals surface area contributed by atoms with E-state index in [9.17, 15) is 9.59 Å². The van der Waals surface area contributed by atoms with E-state index in [4.69, 9.17) is 4.74 Å². The molecule has 0 aliphatic carbocycles. The first kappa shape index (κ1) is 14.1. The maximum atomic E-state index is 11.9. The summed E-state index contributed by atoms with van der Waals surface area (Å²) in [7, 11) is 0. The summed E-state index contributed by atoms with van der Waals surface area (Å²) in [4.78, 5) is 30.8. The van der Waals surface area contributed by atoms with Crippen LogP contribution in [0.4, 0.5) is 0 Å². The largest absolute Gasteiger partial charge is 0.461 e. The average molecular weight is 282 g/mol. The summed E-state index contributed by atoms with van der Waals surface area (Å²) in [6.07, 6.45) is 2.32. The minimum Gasteiger partial charge on any atom is -0.461 e. The van der Waals surface area contributed by atoms with Crippen molar-refractivity contribution in [2.24, 2.45) is 0 Å². The minimum atomic E-state index is -0.445. The van der Waals surface area contributed by atoms with E-state index in [1.54, 1.807) is 13.8 Å². The van der Waals surface area contributed by atoms with Crippen LogP contribution in [0.15, 0.2) is 4.79 Å². The summed E-state index contributed by atoms with van der Waals surface area (Å²) < 4.78 is 4.91. The van der Waals surface area contributed by atoms with E-state index in [0.717, 1.165) is 37.3 Å². The lowest BCUT2D eigenvalue weighted by atomic mass is 10.3. The van der Waals surface area contributed by atoms with Gasteiger partial charge in [0, 0.05) is 11.4 Å². The van der Waals surface area contributed by atoms with E-state index in [2.05, 4.69) is 9.88 Å². The molecule has 0 spiro atoms. The zero-order valence-corrected chi connectivity index (χ0v) is 12.1. The molecule has 0 unspecified atom stereocenters. The van der Waals surface area contributed by atoms with Crippen LogP contribution in [0.1, 0.15) is 40.8 Å². The number of carbonyl (C=O) groups excluding carboxylic acids is 1. The lowest BCUT2D eigenvalue weighted by molar-refractivity contribution is 0.0518. The normalized spacial score (nSPS) is 15.7. The third-order valence-corrected chi connectivity index (χ3v) is 4.02. The predicted octanol–water partition coefficient (Wildman–Crippen LogP) is 1.58. The van der Waals surface area contributed by atoms with Gasteiger partial charge < -0.3 is 4.74 Å². The van der Waals surface area contributed by atoms with E-state index in [1.807, 2.05) is 0 Å². The van der Waals surface area contributed by atoms with Gasteiger partial charge >= 0.3 is 5.97 Å². The van der Waals surface area contributed by atoms with Gasteiger partial charge in [0.1, 0.15) is 5.69 Å². The van der Waals surface area contributed by atoms with Crippen LogP contribution >= 0.6 is 11.3 Å². The molecule has 2 heterocycles. The van der Waals surface area contributed by atoms with E-state index < -0.39 is 5.97 Å². The van der Waals surface area contributed by atoms with Crippen molar-refractivity contribution in [2.75, 3.05) is 19.7 Å². The van der Waals surface area contributed by atoms with Crippen LogP contribution in [0.2, 0.25) is 0 Å². The zero-order chi connectivity index (χ0) is 13.8. The van der Waals surface area contributed by atoms with E-state index in [0.29, 0.717) is 23.7 Å². The first-order valence-corrected chi connectivity index (χ1v) is 7.33. The molecule has 2 rings (SSSR count). The summed E-state index contributed by atoms with van der Waals surface area (Å²) in [6, 6.07) is 0. The number of carbonyl (C=O) groups is 1. The Bertz CT molecular complexity index is 521. The molecular weight excluding hydrogens is 264 g/mol. The second-order valence-corrected chi connectivity index (χ2v) is 5.74. The minimum absolute atomic E-state index is 0.0579. The number of esters is 1. The highest BCUT2D eigenvalue weighted by atomic mass is 32.1. The molecular formula is C13H18N2O3S. The van der Waals surface area contributed by atoms with Crippen molar-refractivity contribution in [3.05, 3.63) is 25.8 Å².